The SMILES string of the molecule is CC12CC(n3nc4n(c3=O)[C@H](c3cc(F)cc(F)c3)CC4)(CO1)C2. The van der Waals surface area contributed by atoms with Crippen LogP contribution in [-0.2, 0) is 16.7 Å². The Hall–Kier alpha value is -2.02. The van der Waals surface area contributed by atoms with E-state index in [9.17, 15) is 13.6 Å². The van der Waals surface area contributed by atoms with Gasteiger partial charge in [-0.15, -0.1) is 0 Å². The van der Waals surface area contributed by atoms with E-state index in [1.807, 2.05) is 6.92 Å². The minimum Gasteiger partial charge on any atom is -0.373 e. The third-order valence-electron chi connectivity index (χ3n) is 5.65. The Kier molecular flexibility index (Phi) is 2.59. The summed E-state index contributed by atoms with van der Waals surface area (Å²) < 4.78 is 36.0. The number of rotatable bonds is 2. The number of hydrogen-bond donors (Lipinski definition) is 0. The van der Waals surface area contributed by atoms with Crippen molar-refractivity contribution in [3.63, 3.8) is 0 Å². The first-order chi connectivity index (χ1) is 11.4. The molecule has 0 unspecified atom stereocenters. The number of nitrogens with zero attached hydrogens (tertiary/aromatic N) is 3. The summed E-state index contributed by atoms with van der Waals surface area (Å²) in [6.07, 6.45) is 2.83. The van der Waals surface area contributed by atoms with Crippen LogP contribution in [-0.4, -0.2) is 26.6 Å². The van der Waals surface area contributed by atoms with E-state index in [1.54, 1.807) is 9.25 Å². The van der Waals surface area contributed by atoms with Gasteiger partial charge < -0.3 is 4.74 Å². The molecule has 1 aromatic carbocycles. The van der Waals surface area contributed by atoms with Crippen molar-refractivity contribution in [2.45, 2.75) is 49.8 Å². The highest BCUT2D eigenvalue weighted by Crippen LogP contribution is 2.55. The third-order valence-corrected chi connectivity index (χ3v) is 5.65. The molecule has 4 aliphatic rings. The topological polar surface area (TPSA) is 49.0 Å². The quantitative estimate of drug-likeness (QED) is 0.846. The van der Waals surface area contributed by atoms with Gasteiger partial charge in [0.05, 0.1) is 23.8 Å². The lowest BCUT2D eigenvalue weighted by Crippen LogP contribution is -2.53. The number of ether oxygens (including phenoxy) is 1. The maximum absolute atomic E-state index is 13.6. The van der Waals surface area contributed by atoms with Gasteiger partial charge >= 0.3 is 5.69 Å². The van der Waals surface area contributed by atoms with Crippen molar-refractivity contribution in [3.05, 3.63) is 51.7 Å². The van der Waals surface area contributed by atoms with E-state index in [0.29, 0.717) is 30.8 Å². The van der Waals surface area contributed by atoms with Gasteiger partial charge in [-0.2, -0.15) is 5.10 Å². The summed E-state index contributed by atoms with van der Waals surface area (Å²) in [5.74, 6) is -0.572. The van der Waals surface area contributed by atoms with Gasteiger partial charge in [-0.1, -0.05) is 0 Å². The Morgan fingerprint density at radius 2 is 1.96 bits per heavy atom. The predicted molar refractivity (Wildman–Crippen MR) is 80.9 cm³/mol. The van der Waals surface area contributed by atoms with E-state index in [2.05, 4.69) is 5.10 Å². The summed E-state index contributed by atoms with van der Waals surface area (Å²) in [6.45, 7) is 2.55. The lowest BCUT2D eigenvalue weighted by Gasteiger charge is -2.41. The second kappa shape index (κ2) is 4.33. The van der Waals surface area contributed by atoms with Gasteiger partial charge in [-0.3, -0.25) is 4.57 Å². The molecule has 0 N–H and O–H groups in total. The summed E-state index contributed by atoms with van der Waals surface area (Å²) in [7, 11) is 0. The van der Waals surface area contributed by atoms with E-state index in [4.69, 9.17) is 4.74 Å². The zero-order valence-corrected chi connectivity index (χ0v) is 13.3. The normalized spacial score (nSPS) is 33.5. The molecule has 0 spiro atoms. The fourth-order valence-electron chi connectivity index (χ4n) is 4.75. The molecule has 1 atom stereocenters. The Morgan fingerprint density at radius 1 is 1.25 bits per heavy atom. The number of benzene rings is 1. The van der Waals surface area contributed by atoms with Crippen molar-refractivity contribution < 1.29 is 13.5 Å². The molecule has 2 aromatic rings. The molecule has 5 nitrogen and oxygen atoms in total. The maximum atomic E-state index is 13.6. The predicted octanol–water partition coefficient (Wildman–Crippen LogP) is 2.14. The van der Waals surface area contributed by atoms with Gasteiger partial charge in [0.1, 0.15) is 17.5 Å². The second-order valence-electron chi connectivity index (χ2n) is 7.55. The number of aryl methyl sites for hydroxylation is 1. The first kappa shape index (κ1) is 14.3. The van der Waals surface area contributed by atoms with Gasteiger partial charge in [0.2, 0.25) is 0 Å². The molecular weight excluding hydrogens is 316 g/mol. The summed E-state index contributed by atoms with van der Waals surface area (Å²) in [4.78, 5) is 13.0. The van der Waals surface area contributed by atoms with Crippen molar-refractivity contribution >= 4 is 0 Å². The van der Waals surface area contributed by atoms with Gasteiger partial charge in [0.15, 0.2) is 0 Å². The Balaban J connectivity index is 1.58. The second-order valence-corrected chi connectivity index (χ2v) is 7.55. The summed E-state index contributed by atoms with van der Waals surface area (Å²) in [5.41, 5.74) is -0.212. The molecule has 1 saturated carbocycles. The highest BCUT2D eigenvalue weighted by molar-refractivity contribution is 5.25. The van der Waals surface area contributed by atoms with E-state index in [0.717, 1.165) is 18.9 Å². The molecule has 1 aliphatic carbocycles. The number of aromatic nitrogens is 3. The number of fused-ring (bicyclic) bond motifs is 2. The molecule has 126 valence electrons. The van der Waals surface area contributed by atoms with E-state index in [-0.39, 0.29) is 22.9 Å². The number of halogens is 2. The van der Waals surface area contributed by atoms with Crippen LogP contribution in [0.3, 0.4) is 0 Å². The maximum Gasteiger partial charge on any atom is 0.347 e. The Bertz CT molecular complexity index is 891. The third kappa shape index (κ3) is 1.76. The van der Waals surface area contributed by atoms with Crippen LogP contribution >= 0.6 is 0 Å². The van der Waals surface area contributed by atoms with Gasteiger partial charge in [-0.05, 0) is 31.0 Å². The minimum absolute atomic E-state index is 0.140. The summed E-state index contributed by atoms with van der Waals surface area (Å²) in [6, 6.07) is 3.07. The molecule has 2 saturated heterocycles. The van der Waals surface area contributed by atoms with Crippen LogP contribution in [0.4, 0.5) is 8.78 Å². The van der Waals surface area contributed by atoms with Gasteiger partial charge in [0, 0.05) is 25.3 Å². The first-order valence-corrected chi connectivity index (χ1v) is 8.20. The molecule has 24 heavy (non-hydrogen) atoms. The van der Waals surface area contributed by atoms with Crippen LogP contribution in [0.5, 0.6) is 0 Å². The Labute approximate surface area is 136 Å². The summed E-state index contributed by atoms with van der Waals surface area (Å²) >= 11 is 0. The average Bonchev–Trinajstić information content (AvgIpc) is 3.18. The molecule has 7 heteroatoms. The van der Waals surface area contributed by atoms with Crippen molar-refractivity contribution in [1.29, 1.82) is 0 Å². The molecule has 2 bridgehead atoms. The molecule has 0 amide bonds. The lowest BCUT2D eigenvalue weighted by molar-refractivity contribution is 0.00275. The highest BCUT2D eigenvalue weighted by Gasteiger charge is 2.62. The first-order valence-electron chi connectivity index (χ1n) is 8.20. The highest BCUT2D eigenvalue weighted by atomic mass is 19.1. The zero-order chi connectivity index (χ0) is 16.7. The molecule has 0 radical (unpaired) electrons. The van der Waals surface area contributed by atoms with Crippen LogP contribution in [0.15, 0.2) is 23.0 Å². The van der Waals surface area contributed by atoms with Crippen molar-refractivity contribution in [1.82, 2.24) is 14.3 Å². The van der Waals surface area contributed by atoms with E-state index >= 15 is 0 Å². The fourth-order valence-corrected chi connectivity index (χ4v) is 4.75. The van der Waals surface area contributed by atoms with Crippen LogP contribution in [0.1, 0.15) is 43.6 Å². The van der Waals surface area contributed by atoms with Crippen molar-refractivity contribution in [2.75, 3.05) is 6.61 Å². The molecule has 3 fully saturated rings. The van der Waals surface area contributed by atoms with Gasteiger partial charge in [0.25, 0.3) is 0 Å². The van der Waals surface area contributed by atoms with Crippen LogP contribution in [0, 0.1) is 11.6 Å². The fraction of sp³-hybridized carbons (Fsp3) is 0.529. The Morgan fingerprint density at radius 3 is 2.58 bits per heavy atom. The molecule has 6 rings (SSSR count). The average molecular weight is 333 g/mol. The zero-order valence-electron chi connectivity index (χ0n) is 13.3. The summed E-state index contributed by atoms with van der Waals surface area (Å²) in [5, 5.41) is 4.53. The monoisotopic (exact) mass is 333 g/mol. The smallest absolute Gasteiger partial charge is 0.347 e. The van der Waals surface area contributed by atoms with Crippen LogP contribution in [0.25, 0.3) is 0 Å². The lowest BCUT2D eigenvalue weighted by atomic mass is 9.69. The molecular formula is C17H17F2N3O2. The van der Waals surface area contributed by atoms with Crippen LogP contribution in [0.2, 0.25) is 0 Å². The largest absolute Gasteiger partial charge is 0.373 e. The van der Waals surface area contributed by atoms with E-state index in [1.165, 1.54) is 12.1 Å². The van der Waals surface area contributed by atoms with E-state index < -0.39 is 11.6 Å². The molecule has 3 aliphatic heterocycles. The van der Waals surface area contributed by atoms with Gasteiger partial charge in [-0.25, -0.2) is 18.3 Å². The standard InChI is InChI=1S/C17H17F2N3O2/c1-16-7-17(8-16,9-24-16)22-15(23)21-13(2-3-14(21)20-22)10-4-11(18)6-12(19)5-10/h4-6,13H,2-3,7-9H2,1H3/t13-,16?,17?/m0/s1. The molecule has 4 heterocycles. The van der Waals surface area contributed by atoms with Crippen LogP contribution < -0.4 is 5.69 Å². The number of hydrogen-bond acceptors (Lipinski definition) is 3. The van der Waals surface area contributed by atoms with Crippen molar-refractivity contribution in [2.24, 2.45) is 0 Å². The minimum atomic E-state index is -0.628. The molecule has 1 aromatic heterocycles. The van der Waals surface area contributed by atoms with Crippen molar-refractivity contribution in [3.8, 4) is 0 Å².